The van der Waals surface area contributed by atoms with Crippen molar-refractivity contribution in [1.29, 1.82) is 0 Å². The first-order valence-electron chi connectivity index (χ1n) is 7.00. The molecule has 0 spiro atoms. The van der Waals surface area contributed by atoms with Crippen LogP contribution in [0, 0.1) is 0 Å². The average Bonchev–Trinajstić information content (AvgIpc) is 2.51. The van der Waals surface area contributed by atoms with Gasteiger partial charge in [-0.1, -0.05) is 36.4 Å². The second-order valence-corrected chi connectivity index (χ2v) is 8.68. The molecule has 0 aliphatic carbocycles. The molecule has 0 saturated heterocycles. The number of rotatable bonds is 7. The summed E-state index contributed by atoms with van der Waals surface area (Å²) in [6, 6.07) is 15.8. The van der Waals surface area contributed by atoms with Gasteiger partial charge in [0.25, 0.3) is 0 Å². The molecular weight excluding hydrogens is 266 g/mol. The Labute approximate surface area is 122 Å². The highest BCUT2D eigenvalue weighted by Gasteiger charge is 2.27. The fraction of sp³-hybridized carbons (Fsp3) is 0.375. The third-order valence-corrected chi connectivity index (χ3v) is 6.77. The maximum atomic E-state index is 5.50. The van der Waals surface area contributed by atoms with Crippen LogP contribution in [0.25, 0.3) is 10.8 Å². The van der Waals surface area contributed by atoms with Gasteiger partial charge >= 0.3 is 8.56 Å². The largest absolute Gasteiger partial charge is 0.398 e. The topological polar surface area (TPSA) is 30.5 Å². The van der Waals surface area contributed by atoms with Crippen molar-refractivity contribution in [3.8, 4) is 0 Å². The minimum atomic E-state index is -1.93. The van der Waals surface area contributed by atoms with Crippen LogP contribution in [0.15, 0.2) is 42.5 Å². The van der Waals surface area contributed by atoms with Crippen LogP contribution in [-0.2, 0) is 8.85 Å². The van der Waals surface area contributed by atoms with Crippen molar-refractivity contribution in [2.75, 3.05) is 26.1 Å². The quantitative estimate of drug-likeness (QED) is 0.617. The molecule has 3 nitrogen and oxygen atoms in total. The van der Waals surface area contributed by atoms with Crippen LogP contribution < -0.4 is 5.32 Å². The van der Waals surface area contributed by atoms with Crippen molar-refractivity contribution in [2.45, 2.75) is 19.0 Å². The van der Waals surface area contributed by atoms with Crippen LogP contribution in [0.5, 0.6) is 0 Å². The van der Waals surface area contributed by atoms with E-state index in [-0.39, 0.29) is 0 Å². The van der Waals surface area contributed by atoms with Gasteiger partial charge in [0.05, 0.1) is 0 Å². The van der Waals surface area contributed by atoms with E-state index < -0.39 is 8.56 Å². The first-order chi connectivity index (χ1) is 9.68. The number of nitrogens with one attached hydrogen (secondary N) is 1. The molecule has 0 heterocycles. The Hall–Kier alpha value is -1.36. The zero-order valence-corrected chi connectivity index (χ0v) is 13.5. The Morgan fingerprint density at radius 3 is 2.45 bits per heavy atom. The predicted molar refractivity (Wildman–Crippen MR) is 87.5 cm³/mol. The van der Waals surface area contributed by atoms with Gasteiger partial charge in [-0.15, -0.1) is 0 Å². The molecule has 0 saturated carbocycles. The summed E-state index contributed by atoms with van der Waals surface area (Å²) < 4.78 is 11.0. The van der Waals surface area contributed by atoms with Gasteiger partial charge in [-0.25, -0.2) is 0 Å². The molecule has 0 radical (unpaired) electrons. The fourth-order valence-electron chi connectivity index (χ4n) is 2.30. The van der Waals surface area contributed by atoms with Crippen molar-refractivity contribution < 1.29 is 8.85 Å². The smallest absolute Gasteiger partial charge is 0.334 e. The van der Waals surface area contributed by atoms with Gasteiger partial charge in [0.1, 0.15) is 0 Å². The molecule has 0 aromatic heterocycles. The third-order valence-electron chi connectivity index (χ3n) is 3.78. The normalized spacial score (nSPS) is 11.8. The number of anilines is 1. The maximum absolute atomic E-state index is 5.50. The van der Waals surface area contributed by atoms with Gasteiger partial charge in [0.2, 0.25) is 0 Å². The Kier molecular flexibility index (Phi) is 5.17. The zero-order valence-electron chi connectivity index (χ0n) is 12.5. The summed E-state index contributed by atoms with van der Waals surface area (Å²) in [5.41, 5.74) is 1.20. The summed E-state index contributed by atoms with van der Waals surface area (Å²) >= 11 is 0. The van der Waals surface area contributed by atoms with Gasteiger partial charge in [-0.3, -0.25) is 0 Å². The Morgan fingerprint density at radius 1 is 1.00 bits per heavy atom. The van der Waals surface area contributed by atoms with E-state index >= 15 is 0 Å². The van der Waals surface area contributed by atoms with E-state index in [1.165, 1.54) is 16.5 Å². The van der Waals surface area contributed by atoms with Gasteiger partial charge in [0.15, 0.2) is 0 Å². The molecule has 2 rings (SSSR count). The SMILES string of the molecule is CO[Si](C)(CCCNc1cccc2ccccc12)OC. The van der Waals surface area contributed by atoms with E-state index in [1.807, 2.05) is 0 Å². The molecule has 0 aliphatic rings. The highest BCUT2D eigenvalue weighted by atomic mass is 28.4. The maximum Gasteiger partial charge on any atom is 0.334 e. The second kappa shape index (κ2) is 6.88. The van der Waals surface area contributed by atoms with E-state index in [4.69, 9.17) is 8.85 Å². The molecule has 4 heteroatoms. The lowest BCUT2D eigenvalue weighted by Gasteiger charge is -2.22. The number of hydrogen-bond acceptors (Lipinski definition) is 3. The fourth-order valence-corrected chi connectivity index (χ4v) is 3.69. The predicted octanol–water partition coefficient (Wildman–Crippen LogP) is 4.01. The molecule has 0 bridgehead atoms. The zero-order chi connectivity index (χ0) is 14.4. The Bertz CT molecular complexity index is 550. The Balaban J connectivity index is 1.94. The lowest BCUT2D eigenvalue weighted by molar-refractivity contribution is 0.249. The summed E-state index contributed by atoms with van der Waals surface area (Å²) in [6.07, 6.45) is 1.05. The highest BCUT2D eigenvalue weighted by Crippen LogP contribution is 2.23. The van der Waals surface area contributed by atoms with Crippen molar-refractivity contribution in [3.63, 3.8) is 0 Å². The van der Waals surface area contributed by atoms with Gasteiger partial charge in [-0.05, 0) is 30.5 Å². The number of hydrogen-bond donors (Lipinski definition) is 1. The van der Waals surface area contributed by atoms with Crippen LogP contribution in [0.3, 0.4) is 0 Å². The van der Waals surface area contributed by atoms with Gasteiger partial charge in [-0.2, -0.15) is 0 Å². The van der Waals surface area contributed by atoms with Crippen LogP contribution in [-0.4, -0.2) is 29.3 Å². The van der Waals surface area contributed by atoms with Crippen molar-refractivity contribution in [1.82, 2.24) is 0 Å². The summed E-state index contributed by atoms with van der Waals surface area (Å²) in [5, 5.41) is 6.06. The lowest BCUT2D eigenvalue weighted by atomic mass is 10.1. The summed E-state index contributed by atoms with van der Waals surface area (Å²) in [7, 11) is 1.56. The minimum absolute atomic E-state index is 0.934. The van der Waals surface area contributed by atoms with E-state index in [0.717, 1.165) is 19.0 Å². The van der Waals surface area contributed by atoms with Crippen LogP contribution in [0.1, 0.15) is 6.42 Å². The first-order valence-corrected chi connectivity index (χ1v) is 9.53. The van der Waals surface area contributed by atoms with Crippen LogP contribution >= 0.6 is 0 Å². The summed E-state index contributed by atoms with van der Waals surface area (Å²) in [4.78, 5) is 0. The molecule has 0 fully saturated rings. The van der Waals surface area contributed by atoms with E-state index in [1.54, 1.807) is 14.2 Å². The van der Waals surface area contributed by atoms with E-state index in [9.17, 15) is 0 Å². The first kappa shape index (κ1) is 15.0. The highest BCUT2D eigenvalue weighted by molar-refractivity contribution is 6.65. The molecule has 2 aromatic rings. The number of fused-ring (bicyclic) bond motifs is 1. The van der Waals surface area contributed by atoms with Crippen LogP contribution in [0.4, 0.5) is 5.69 Å². The van der Waals surface area contributed by atoms with E-state index in [0.29, 0.717) is 0 Å². The third kappa shape index (κ3) is 3.60. The van der Waals surface area contributed by atoms with Gasteiger partial charge in [0, 0.05) is 31.8 Å². The molecule has 0 atom stereocenters. The molecule has 2 aromatic carbocycles. The lowest BCUT2D eigenvalue weighted by Crippen LogP contribution is -2.36. The van der Waals surface area contributed by atoms with Crippen molar-refractivity contribution >= 4 is 25.0 Å². The summed E-state index contributed by atoms with van der Waals surface area (Å²) in [6.45, 7) is 3.04. The molecule has 0 aliphatic heterocycles. The minimum Gasteiger partial charge on any atom is -0.398 e. The molecule has 1 N–H and O–H groups in total. The van der Waals surface area contributed by atoms with Crippen molar-refractivity contribution in [3.05, 3.63) is 42.5 Å². The van der Waals surface area contributed by atoms with Crippen molar-refractivity contribution in [2.24, 2.45) is 0 Å². The molecule has 20 heavy (non-hydrogen) atoms. The van der Waals surface area contributed by atoms with Gasteiger partial charge < -0.3 is 14.2 Å². The molecule has 0 unspecified atom stereocenters. The molecular formula is C16H23NO2Si. The van der Waals surface area contributed by atoms with Crippen LogP contribution in [0.2, 0.25) is 12.6 Å². The molecule has 0 amide bonds. The molecule has 108 valence electrons. The summed E-state index contributed by atoms with van der Waals surface area (Å²) in [5.74, 6) is 0. The standard InChI is InChI=1S/C16H23NO2Si/c1-18-20(3,19-2)13-7-12-17-16-11-6-9-14-8-4-5-10-15(14)16/h4-6,8-11,17H,7,12-13H2,1-3H3. The average molecular weight is 289 g/mol. The number of benzene rings is 2. The Morgan fingerprint density at radius 2 is 1.70 bits per heavy atom. The van der Waals surface area contributed by atoms with E-state index in [2.05, 4.69) is 54.3 Å². The second-order valence-electron chi connectivity index (χ2n) is 5.10. The monoisotopic (exact) mass is 289 g/mol.